The van der Waals surface area contributed by atoms with Crippen LogP contribution in [0.4, 0.5) is 5.69 Å². The lowest BCUT2D eigenvalue weighted by Crippen LogP contribution is -2.40. The Labute approximate surface area is 95.2 Å². The number of benzene rings is 1. The molecule has 0 saturated carbocycles. The van der Waals surface area contributed by atoms with E-state index in [1.54, 1.807) is 6.92 Å². The van der Waals surface area contributed by atoms with Gasteiger partial charge < -0.3 is 0 Å². The number of para-hydroxylation sites is 1. The lowest BCUT2D eigenvalue weighted by Gasteiger charge is -2.19. The third-order valence-corrected chi connectivity index (χ3v) is 2.55. The Hall–Kier alpha value is -2.02. The lowest BCUT2D eigenvalue weighted by atomic mass is 9.89. The molecule has 0 aromatic heterocycles. The van der Waals surface area contributed by atoms with Crippen LogP contribution in [0.3, 0.4) is 0 Å². The zero-order valence-corrected chi connectivity index (χ0v) is 9.45. The van der Waals surface area contributed by atoms with E-state index < -0.39 is 5.41 Å². The van der Waals surface area contributed by atoms with Gasteiger partial charge in [0.2, 0.25) is 0 Å². The Morgan fingerprint density at radius 2 is 2.06 bits per heavy atom. The second kappa shape index (κ2) is 5.17. The molecule has 0 aliphatic rings. The zero-order chi connectivity index (χ0) is 12.0. The van der Waals surface area contributed by atoms with E-state index in [0.717, 1.165) is 5.69 Å². The Morgan fingerprint density at radius 1 is 1.44 bits per heavy atom. The van der Waals surface area contributed by atoms with E-state index in [1.807, 2.05) is 43.3 Å². The SMILES string of the molecule is CCC(C)(C#N)C(=O)NNc1ccccc1. The quantitative estimate of drug-likeness (QED) is 0.759. The number of amides is 1. The first-order valence-electron chi connectivity index (χ1n) is 5.15. The van der Waals surface area contributed by atoms with Gasteiger partial charge in [-0.25, -0.2) is 0 Å². The summed E-state index contributed by atoms with van der Waals surface area (Å²) in [6.07, 6.45) is 0.478. The van der Waals surface area contributed by atoms with Crippen molar-refractivity contribution >= 4 is 11.6 Å². The van der Waals surface area contributed by atoms with Crippen molar-refractivity contribution in [1.82, 2.24) is 5.43 Å². The molecule has 1 amide bonds. The van der Waals surface area contributed by atoms with Crippen molar-refractivity contribution < 1.29 is 4.79 Å². The van der Waals surface area contributed by atoms with E-state index in [1.165, 1.54) is 0 Å². The molecule has 0 saturated heterocycles. The predicted octanol–water partition coefficient (Wildman–Crippen LogP) is 2.07. The molecule has 0 spiro atoms. The highest BCUT2D eigenvalue weighted by Gasteiger charge is 2.31. The van der Waals surface area contributed by atoms with E-state index >= 15 is 0 Å². The maximum absolute atomic E-state index is 11.7. The van der Waals surface area contributed by atoms with Crippen molar-refractivity contribution in [1.29, 1.82) is 5.26 Å². The Bertz CT molecular complexity index is 396. The van der Waals surface area contributed by atoms with E-state index in [4.69, 9.17) is 5.26 Å². The highest BCUT2D eigenvalue weighted by Crippen LogP contribution is 2.19. The molecule has 0 heterocycles. The summed E-state index contributed by atoms with van der Waals surface area (Å²) in [4.78, 5) is 11.7. The second-order valence-corrected chi connectivity index (χ2v) is 3.74. The van der Waals surface area contributed by atoms with Crippen molar-refractivity contribution in [2.24, 2.45) is 5.41 Å². The number of carbonyl (C=O) groups is 1. The number of hydrazine groups is 1. The Kier molecular flexibility index (Phi) is 3.90. The molecule has 1 aromatic carbocycles. The third-order valence-electron chi connectivity index (χ3n) is 2.55. The number of carbonyl (C=O) groups excluding carboxylic acids is 1. The molecular formula is C12H15N3O. The minimum absolute atomic E-state index is 0.318. The smallest absolute Gasteiger partial charge is 0.258 e. The molecule has 2 N–H and O–H groups in total. The summed E-state index contributed by atoms with van der Waals surface area (Å²) in [5, 5.41) is 8.91. The summed E-state index contributed by atoms with van der Waals surface area (Å²) in [6, 6.07) is 11.3. The molecule has 0 aliphatic heterocycles. The van der Waals surface area contributed by atoms with Gasteiger partial charge in [-0.05, 0) is 25.5 Å². The van der Waals surface area contributed by atoms with E-state index in [2.05, 4.69) is 10.9 Å². The largest absolute Gasteiger partial charge is 0.299 e. The predicted molar refractivity (Wildman–Crippen MR) is 62.2 cm³/mol. The molecule has 0 radical (unpaired) electrons. The standard InChI is InChI=1S/C12H15N3O/c1-3-12(2,9-13)11(16)15-14-10-7-5-4-6-8-10/h4-8,14H,3H2,1-2H3,(H,15,16). The molecule has 1 aromatic rings. The molecule has 0 aliphatic carbocycles. The van der Waals surface area contributed by atoms with E-state index in [9.17, 15) is 4.79 Å². The minimum Gasteiger partial charge on any atom is -0.299 e. The van der Waals surface area contributed by atoms with Crippen LogP contribution in [0.2, 0.25) is 0 Å². The number of hydrogen-bond acceptors (Lipinski definition) is 3. The second-order valence-electron chi connectivity index (χ2n) is 3.74. The van der Waals surface area contributed by atoms with Crippen LogP contribution in [0.1, 0.15) is 20.3 Å². The van der Waals surface area contributed by atoms with Gasteiger partial charge in [0.25, 0.3) is 5.91 Å². The number of anilines is 1. The van der Waals surface area contributed by atoms with Crippen molar-refractivity contribution in [2.75, 3.05) is 5.43 Å². The van der Waals surface area contributed by atoms with Gasteiger partial charge in [-0.2, -0.15) is 5.26 Å². The van der Waals surface area contributed by atoms with E-state index in [-0.39, 0.29) is 5.91 Å². The summed E-state index contributed by atoms with van der Waals surface area (Å²) in [7, 11) is 0. The van der Waals surface area contributed by atoms with Crippen LogP contribution in [0.25, 0.3) is 0 Å². The first-order chi connectivity index (χ1) is 7.62. The monoisotopic (exact) mass is 217 g/mol. The van der Waals surface area contributed by atoms with Gasteiger partial charge in [-0.15, -0.1) is 0 Å². The highest BCUT2D eigenvalue weighted by molar-refractivity contribution is 5.85. The molecule has 4 nitrogen and oxygen atoms in total. The number of nitriles is 1. The molecule has 1 unspecified atom stereocenters. The van der Waals surface area contributed by atoms with Crippen LogP contribution in [0.5, 0.6) is 0 Å². The first-order valence-corrected chi connectivity index (χ1v) is 5.15. The zero-order valence-electron chi connectivity index (χ0n) is 9.45. The van der Waals surface area contributed by atoms with Crippen molar-refractivity contribution in [3.05, 3.63) is 30.3 Å². The summed E-state index contributed by atoms with van der Waals surface area (Å²) in [5.41, 5.74) is 5.10. The number of hydrogen-bond donors (Lipinski definition) is 2. The molecule has 1 atom stereocenters. The lowest BCUT2D eigenvalue weighted by molar-refractivity contribution is -0.127. The van der Waals surface area contributed by atoms with Crippen LogP contribution >= 0.6 is 0 Å². The van der Waals surface area contributed by atoms with Crippen molar-refractivity contribution in [2.45, 2.75) is 20.3 Å². The maximum Gasteiger partial charge on any atom is 0.258 e. The van der Waals surface area contributed by atoms with Gasteiger partial charge in [-0.3, -0.25) is 15.6 Å². The molecule has 16 heavy (non-hydrogen) atoms. The average molecular weight is 217 g/mol. The van der Waals surface area contributed by atoms with E-state index in [0.29, 0.717) is 6.42 Å². The summed E-state index contributed by atoms with van der Waals surface area (Å²) >= 11 is 0. The summed E-state index contributed by atoms with van der Waals surface area (Å²) in [5.74, 6) is -0.318. The summed E-state index contributed by atoms with van der Waals surface area (Å²) < 4.78 is 0. The Morgan fingerprint density at radius 3 is 2.56 bits per heavy atom. The first kappa shape index (κ1) is 12.1. The average Bonchev–Trinajstić information content (AvgIpc) is 2.36. The van der Waals surface area contributed by atoms with Crippen LogP contribution in [-0.4, -0.2) is 5.91 Å². The molecule has 1 rings (SSSR count). The highest BCUT2D eigenvalue weighted by atomic mass is 16.2. The number of rotatable bonds is 4. The van der Waals surface area contributed by atoms with Crippen molar-refractivity contribution in [3.8, 4) is 6.07 Å². The van der Waals surface area contributed by atoms with Gasteiger partial charge in [0, 0.05) is 0 Å². The fraction of sp³-hybridized carbons (Fsp3) is 0.333. The molecule has 0 fully saturated rings. The number of nitrogens with one attached hydrogen (secondary N) is 2. The van der Waals surface area contributed by atoms with Crippen LogP contribution < -0.4 is 10.9 Å². The molecule has 0 bridgehead atoms. The van der Waals surface area contributed by atoms with Gasteiger partial charge in [0.1, 0.15) is 5.41 Å². The molecular weight excluding hydrogens is 202 g/mol. The van der Waals surface area contributed by atoms with Crippen molar-refractivity contribution in [3.63, 3.8) is 0 Å². The normalized spacial score (nSPS) is 13.3. The molecule has 84 valence electrons. The van der Waals surface area contributed by atoms with Gasteiger partial charge in [-0.1, -0.05) is 25.1 Å². The van der Waals surface area contributed by atoms with Crippen LogP contribution in [0.15, 0.2) is 30.3 Å². The van der Waals surface area contributed by atoms with Gasteiger partial charge in [0.15, 0.2) is 0 Å². The maximum atomic E-state index is 11.7. The van der Waals surface area contributed by atoms with Gasteiger partial charge >= 0.3 is 0 Å². The third kappa shape index (κ3) is 2.74. The number of nitrogens with zero attached hydrogens (tertiary/aromatic N) is 1. The fourth-order valence-electron chi connectivity index (χ4n) is 1.08. The van der Waals surface area contributed by atoms with Gasteiger partial charge in [0.05, 0.1) is 11.8 Å². The van der Waals surface area contributed by atoms with Crippen LogP contribution in [-0.2, 0) is 4.79 Å². The minimum atomic E-state index is -0.984. The fourth-order valence-corrected chi connectivity index (χ4v) is 1.08. The topological polar surface area (TPSA) is 64.9 Å². The molecule has 4 heteroatoms. The van der Waals surface area contributed by atoms with Crippen LogP contribution in [0, 0.1) is 16.7 Å². The summed E-state index contributed by atoms with van der Waals surface area (Å²) in [6.45, 7) is 3.43. The Balaban J connectivity index is 2.57.